The number of anilines is 3. The predicted molar refractivity (Wildman–Crippen MR) is 162 cm³/mol. The van der Waals surface area contributed by atoms with Crippen molar-refractivity contribution in [2.24, 2.45) is 0 Å². The van der Waals surface area contributed by atoms with Gasteiger partial charge >= 0.3 is 0 Å². The van der Waals surface area contributed by atoms with E-state index in [1.165, 1.54) is 0 Å². The Hall–Kier alpha value is -4.57. The number of benzene rings is 5. The lowest BCUT2D eigenvalue weighted by molar-refractivity contribution is 0.470. The summed E-state index contributed by atoms with van der Waals surface area (Å²) in [5, 5.41) is 19.7. The van der Waals surface area contributed by atoms with E-state index in [9.17, 15) is 10.2 Å². The number of hydrogen-bond donors (Lipinski definition) is 2. The van der Waals surface area contributed by atoms with Crippen molar-refractivity contribution >= 4 is 17.1 Å². The minimum Gasteiger partial charge on any atom is -0.508 e. The van der Waals surface area contributed by atoms with Gasteiger partial charge in [-0.3, -0.25) is 0 Å². The zero-order valence-electron chi connectivity index (χ0n) is 23.1. The maximum atomic E-state index is 15.8. The molecule has 0 saturated carbocycles. The molecule has 3 nitrogen and oxygen atoms in total. The average Bonchev–Trinajstić information content (AvgIpc) is 2.93. The number of nitrogens with zero attached hydrogens (tertiary/aromatic N) is 1. The van der Waals surface area contributed by atoms with Gasteiger partial charge in [-0.1, -0.05) is 61.5 Å². The second-order valence-corrected chi connectivity index (χ2v) is 10.7. The standard InChI is InChI=1S/C36H34FNO2/c1-25-6-4-8-30(22-25)38(31-9-5-7-26(2)23-31)32-15-10-27(35(37)24-32)20-21-36(3,28-11-16-33(39)17-12-28)29-13-18-34(40)19-14-29/h4-19,22-24,39-40H,20-21H2,1-3H3. The Morgan fingerprint density at radius 3 is 1.55 bits per heavy atom. The summed E-state index contributed by atoms with van der Waals surface area (Å²) in [7, 11) is 0. The molecular formula is C36H34FNO2. The molecule has 0 fully saturated rings. The summed E-state index contributed by atoms with van der Waals surface area (Å²) < 4.78 is 15.8. The van der Waals surface area contributed by atoms with E-state index in [1.54, 1.807) is 30.3 Å². The van der Waals surface area contributed by atoms with Crippen molar-refractivity contribution in [1.29, 1.82) is 0 Å². The van der Waals surface area contributed by atoms with Gasteiger partial charge in [0.1, 0.15) is 17.3 Å². The van der Waals surface area contributed by atoms with Gasteiger partial charge in [-0.2, -0.15) is 0 Å². The van der Waals surface area contributed by atoms with E-state index in [2.05, 4.69) is 49.9 Å². The van der Waals surface area contributed by atoms with Crippen LogP contribution in [-0.4, -0.2) is 10.2 Å². The Balaban J connectivity index is 1.48. The van der Waals surface area contributed by atoms with E-state index in [4.69, 9.17) is 0 Å². The Morgan fingerprint density at radius 2 is 1.10 bits per heavy atom. The van der Waals surface area contributed by atoms with Crippen molar-refractivity contribution in [3.05, 3.63) is 149 Å². The third-order valence-electron chi connectivity index (χ3n) is 7.72. The molecular weight excluding hydrogens is 497 g/mol. The summed E-state index contributed by atoms with van der Waals surface area (Å²) in [6.45, 7) is 6.23. The number of aryl methyl sites for hydroxylation is 3. The smallest absolute Gasteiger partial charge is 0.128 e. The van der Waals surface area contributed by atoms with Gasteiger partial charge in [0.25, 0.3) is 0 Å². The van der Waals surface area contributed by atoms with Crippen molar-refractivity contribution < 1.29 is 14.6 Å². The Labute approximate surface area is 235 Å². The minimum absolute atomic E-state index is 0.199. The fourth-order valence-electron chi connectivity index (χ4n) is 5.36. The van der Waals surface area contributed by atoms with E-state index in [0.29, 0.717) is 18.4 Å². The van der Waals surface area contributed by atoms with Crippen molar-refractivity contribution in [2.45, 2.75) is 39.0 Å². The van der Waals surface area contributed by atoms with Gasteiger partial charge in [0.2, 0.25) is 0 Å². The molecule has 0 radical (unpaired) electrons. The Bertz CT molecular complexity index is 1520. The molecule has 4 heteroatoms. The van der Waals surface area contributed by atoms with Crippen LogP contribution in [0.4, 0.5) is 21.5 Å². The van der Waals surface area contributed by atoms with E-state index >= 15 is 4.39 Å². The zero-order chi connectivity index (χ0) is 28.3. The van der Waals surface area contributed by atoms with Crippen LogP contribution in [0.15, 0.2) is 115 Å². The number of rotatable bonds is 8. The van der Waals surface area contributed by atoms with Gasteiger partial charge < -0.3 is 15.1 Å². The lowest BCUT2D eigenvalue weighted by Gasteiger charge is -2.32. The van der Waals surface area contributed by atoms with E-state index in [1.807, 2.05) is 60.7 Å². The molecule has 0 aromatic heterocycles. The quantitative estimate of drug-likeness (QED) is 0.210. The lowest BCUT2D eigenvalue weighted by atomic mass is 9.72. The second-order valence-electron chi connectivity index (χ2n) is 10.7. The summed E-state index contributed by atoms with van der Waals surface area (Å²) in [6, 6.07) is 36.3. The number of phenols is 2. The molecule has 5 aromatic carbocycles. The number of hydrogen-bond acceptors (Lipinski definition) is 3. The average molecular weight is 532 g/mol. The van der Waals surface area contributed by atoms with Crippen LogP contribution in [0.1, 0.15) is 41.2 Å². The molecule has 0 aliphatic rings. The molecule has 0 aliphatic heterocycles. The molecule has 0 unspecified atom stereocenters. The fraction of sp³-hybridized carbons (Fsp3) is 0.167. The molecule has 2 N–H and O–H groups in total. The second kappa shape index (κ2) is 11.3. The van der Waals surface area contributed by atoms with Crippen molar-refractivity contribution in [1.82, 2.24) is 0 Å². The topological polar surface area (TPSA) is 43.7 Å². The third kappa shape index (κ3) is 5.72. The van der Waals surface area contributed by atoms with Gasteiger partial charge in [-0.15, -0.1) is 0 Å². The number of phenolic OH excluding ortho intramolecular Hbond substituents is 2. The van der Waals surface area contributed by atoms with Crippen LogP contribution >= 0.6 is 0 Å². The molecule has 0 bridgehead atoms. The van der Waals surface area contributed by atoms with Crippen molar-refractivity contribution in [3.8, 4) is 11.5 Å². The summed E-state index contributed by atoms with van der Waals surface area (Å²) in [5.41, 5.74) is 7.19. The molecule has 0 saturated heterocycles. The van der Waals surface area contributed by atoms with Crippen LogP contribution in [0, 0.1) is 19.7 Å². The number of halogens is 1. The normalized spacial score (nSPS) is 11.4. The fourth-order valence-corrected chi connectivity index (χ4v) is 5.36. The maximum Gasteiger partial charge on any atom is 0.128 e. The monoisotopic (exact) mass is 531 g/mol. The summed E-state index contributed by atoms with van der Waals surface area (Å²) in [5.74, 6) is 0.150. The molecule has 5 rings (SSSR count). The molecule has 0 heterocycles. The summed E-state index contributed by atoms with van der Waals surface area (Å²) >= 11 is 0. The lowest BCUT2D eigenvalue weighted by Crippen LogP contribution is -2.24. The van der Waals surface area contributed by atoms with Gasteiger partial charge in [0.05, 0.1) is 0 Å². The molecule has 0 spiro atoms. The van der Waals surface area contributed by atoms with Crippen molar-refractivity contribution in [3.63, 3.8) is 0 Å². The predicted octanol–water partition coefficient (Wildman–Crippen LogP) is 9.26. The third-order valence-corrected chi connectivity index (χ3v) is 7.72. The first kappa shape index (κ1) is 27.0. The first-order chi connectivity index (χ1) is 19.2. The summed E-state index contributed by atoms with van der Waals surface area (Å²) in [6.07, 6.45) is 1.15. The van der Waals surface area contributed by atoms with E-state index in [-0.39, 0.29) is 17.3 Å². The number of aromatic hydroxyl groups is 2. The SMILES string of the molecule is Cc1cccc(N(c2cccc(C)c2)c2ccc(CCC(C)(c3ccc(O)cc3)c3ccc(O)cc3)c(F)c2)c1. The molecule has 40 heavy (non-hydrogen) atoms. The van der Waals surface area contributed by atoms with E-state index < -0.39 is 5.41 Å². The molecule has 202 valence electrons. The van der Waals surface area contributed by atoms with Crippen LogP contribution in [0.25, 0.3) is 0 Å². The highest BCUT2D eigenvalue weighted by Gasteiger charge is 2.29. The summed E-state index contributed by atoms with van der Waals surface area (Å²) in [4.78, 5) is 2.09. The highest BCUT2D eigenvalue weighted by molar-refractivity contribution is 5.77. The maximum absolute atomic E-state index is 15.8. The highest BCUT2D eigenvalue weighted by atomic mass is 19.1. The first-order valence-electron chi connectivity index (χ1n) is 13.5. The molecule has 0 aliphatic carbocycles. The van der Waals surface area contributed by atoms with Gasteiger partial charge in [-0.25, -0.2) is 4.39 Å². The van der Waals surface area contributed by atoms with Gasteiger partial charge in [-0.05, 0) is 115 Å². The van der Waals surface area contributed by atoms with Crippen LogP contribution in [0.5, 0.6) is 11.5 Å². The van der Waals surface area contributed by atoms with Crippen LogP contribution in [0.3, 0.4) is 0 Å². The van der Waals surface area contributed by atoms with Crippen molar-refractivity contribution in [2.75, 3.05) is 4.90 Å². The van der Waals surface area contributed by atoms with Crippen LogP contribution in [-0.2, 0) is 11.8 Å². The van der Waals surface area contributed by atoms with Gasteiger partial charge in [0.15, 0.2) is 0 Å². The Kier molecular flexibility index (Phi) is 7.61. The van der Waals surface area contributed by atoms with Crippen LogP contribution < -0.4 is 4.90 Å². The minimum atomic E-state index is -0.457. The molecule has 5 aromatic rings. The zero-order valence-corrected chi connectivity index (χ0v) is 23.1. The van der Waals surface area contributed by atoms with Crippen LogP contribution in [0.2, 0.25) is 0 Å². The van der Waals surface area contributed by atoms with E-state index in [0.717, 1.165) is 39.3 Å². The molecule has 0 atom stereocenters. The Morgan fingerprint density at radius 1 is 0.625 bits per heavy atom. The largest absolute Gasteiger partial charge is 0.508 e. The first-order valence-corrected chi connectivity index (χ1v) is 13.5. The molecule has 0 amide bonds. The highest BCUT2D eigenvalue weighted by Crippen LogP contribution is 2.39. The van der Waals surface area contributed by atoms with Gasteiger partial charge in [0, 0.05) is 22.5 Å².